The van der Waals surface area contributed by atoms with E-state index < -0.39 is 0 Å². The number of hydrogen-bond donors (Lipinski definition) is 1. The van der Waals surface area contributed by atoms with Crippen LogP contribution in [0.15, 0.2) is 0 Å². The quantitative estimate of drug-likeness (QED) is 0.798. The zero-order chi connectivity index (χ0) is 12.6. The molecule has 98 valence electrons. The predicted octanol–water partition coefficient (Wildman–Crippen LogP) is 2.02. The Bertz CT molecular complexity index is 301. The monoisotopic (exact) mass is 238 g/mol. The van der Waals surface area contributed by atoms with Gasteiger partial charge in [-0.05, 0) is 30.6 Å². The molecule has 1 saturated carbocycles. The summed E-state index contributed by atoms with van der Waals surface area (Å²) in [5.41, 5.74) is 0.480. The molecule has 0 aromatic carbocycles. The van der Waals surface area contributed by atoms with Crippen LogP contribution in [0.3, 0.4) is 0 Å². The number of likely N-dealkylation sites (N-methyl/N-ethyl adjacent to an activating group) is 1. The second kappa shape index (κ2) is 4.60. The number of piperidine rings is 1. The number of likely N-dealkylation sites (tertiary alicyclic amines) is 1. The molecular formula is C14H26N2O. The van der Waals surface area contributed by atoms with Crippen molar-refractivity contribution in [2.24, 2.45) is 11.3 Å². The molecule has 0 bridgehead atoms. The van der Waals surface area contributed by atoms with E-state index in [2.05, 4.69) is 26.1 Å². The van der Waals surface area contributed by atoms with Crippen LogP contribution in [-0.2, 0) is 4.79 Å². The molecule has 2 aliphatic rings. The number of amides is 1. The van der Waals surface area contributed by atoms with Crippen molar-refractivity contribution in [1.29, 1.82) is 0 Å². The Hall–Kier alpha value is -0.570. The van der Waals surface area contributed by atoms with Gasteiger partial charge in [0.2, 0.25) is 5.91 Å². The maximum atomic E-state index is 11.4. The van der Waals surface area contributed by atoms with Crippen LogP contribution in [0.25, 0.3) is 0 Å². The normalized spacial score (nSPS) is 37.5. The molecule has 2 fully saturated rings. The Labute approximate surface area is 105 Å². The Morgan fingerprint density at radius 1 is 1.35 bits per heavy atom. The number of carbonyl (C=O) groups is 1. The highest BCUT2D eigenvalue weighted by atomic mass is 16.2. The summed E-state index contributed by atoms with van der Waals surface area (Å²) in [5, 5.41) is 3.78. The lowest BCUT2D eigenvalue weighted by Crippen LogP contribution is -2.50. The molecule has 1 amide bonds. The van der Waals surface area contributed by atoms with Gasteiger partial charge in [-0.3, -0.25) is 4.79 Å². The van der Waals surface area contributed by atoms with Gasteiger partial charge in [0.15, 0.2) is 0 Å². The summed E-state index contributed by atoms with van der Waals surface area (Å²) in [4.78, 5) is 13.3. The van der Waals surface area contributed by atoms with Crippen LogP contribution < -0.4 is 5.32 Å². The minimum Gasteiger partial charge on any atom is -0.344 e. The predicted molar refractivity (Wildman–Crippen MR) is 69.8 cm³/mol. The van der Waals surface area contributed by atoms with Gasteiger partial charge >= 0.3 is 0 Å². The molecule has 0 aromatic rings. The van der Waals surface area contributed by atoms with E-state index in [1.165, 1.54) is 12.8 Å². The van der Waals surface area contributed by atoms with E-state index >= 15 is 0 Å². The van der Waals surface area contributed by atoms with Crippen molar-refractivity contribution in [1.82, 2.24) is 10.2 Å². The van der Waals surface area contributed by atoms with Gasteiger partial charge in [0.25, 0.3) is 0 Å². The molecular weight excluding hydrogens is 212 g/mol. The zero-order valence-corrected chi connectivity index (χ0v) is 11.6. The van der Waals surface area contributed by atoms with Crippen molar-refractivity contribution in [2.75, 3.05) is 13.6 Å². The number of carbonyl (C=O) groups excluding carboxylic acids is 1. The summed E-state index contributed by atoms with van der Waals surface area (Å²) in [5.74, 6) is 1.05. The van der Waals surface area contributed by atoms with Crippen LogP contribution in [-0.4, -0.2) is 36.5 Å². The molecule has 3 heteroatoms. The molecule has 0 unspecified atom stereocenters. The van der Waals surface area contributed by atoms with Crippen molar-refractivity contribution in [3.63, 3.8) is 0 Å². The van der Waals surface area contributed by atoms with Crippen LogP contribution in [0.4, 0.5) is 0 Å². The third-order valence-electron chi connectivity index (χ3n) is 4.41. The SMILES string of the molecule is C[C@@H]1CC(C)(C)C[C@@H]1N[C@H]1CCC(=O)N(C)C1. The standard InChI is InChI=1S/C14H26N2O/c1-10-7-14(2,3)8-12(10)15-11-5-6-13(17)16(4)9-11/h10-12,15H,5-9H2,1-4H3/t10-,11+,12+/m1/s1. The number of hydrogen-bond acceptors (Lipinski definition) is 2. The molecule has 0 radical (unpaired) electrons. The molecule has 0 aromatic heterocycles. The first-order valence-electron chi connectivity index (χ1n) is 6.87. The molecule has 2 rings (SSSR count). The van der Waals surface area contributed by atoms with Gasteiger partial charge in [-0.15, -0.1) is 0 Å². The molecule has 17 heavy (non-hydrogen) atoms. The lowest BCUT2D eigenvalue weighted by Gasteiger charge is -2.33. The fraction of sp³-hybridized carbons (Fsp3) is 0.929. The summed E-state index contributed by atoms with van der Waals surface area (Å²) in [6, 6.07) is 1.13. The van der Waals surface area contributed by atoms with Gasteiger partial charge in [0.1, 0.15) is 0 Å². The Balaban J connectivity index is 1.88. The molecule has 3 atom stereocenters. The van der Waals surface area contributed by atoms with Crippen molar-refractivity contribution < 1.29 is 4.79 Å². The topological polar surface area (TPSA) is 32.3 Å². The van der Waals surface area contributed by atoms with Crippen LogP contribution in [0.2, 0.25) is 0 Å². The highest BCUT2D eigenvalue weighted by Gasteiger charge is 2.38. The van der Waals surface area contributed by atoms with Crippen molar-refractivity contribution in [3.05, 3.63) is 0 Å². The van der Waals surface area contributed by atoms with Gasteiger partial charge in [-0.1, -0.05) is 20.8 Å². The molecule has 1 aliphatic heterocycles. The van der Waals surface area contributed by atoms with E-state index in [1.54, 1.807) is 0 Å². The summed E-state index contributed by atoms with van der Waals surface area (Å²) in [6.07, 6.45) is 4.29. The average molecular weight is 238 g/mol. The highest BCUT2D eigenvalue weighted by molar-refractivity contribution is 5.76. The highest BCUT2D eigenvalue weighted by Crippen LogP contribution is 2.41. The summed E-state index contributed by atoms with van der Waals surface area (Å²) < 4.78 is 0. The molecule has 1 saturated heterocycles. The van der Waals surface area contributed by atoms with Gasteiger partial charge < -0.3 is 10.2 Å². The first-order chi connectivity index (χ1) is 7.87. The van der Waals surface area contributed by atoms with Gasteiger partial charge in [-0.25, -0.2) is 0 Å². The largest absolute Gasteiger partial charge is 0.344 e. The van der Waals surface area contributed by atoms with Gasteiger partial charge in [0.05, 0.1) is 0 Å². The first-order valence-corrected chi connectivity index (χ1v) is 6.87. The van der Waals surface area contributed by atoms with Crippen molar-refractivity contribution >= 4 is 5.91 Å². The zero-order valence-electron chi connectivity index (χ0n) is 11.6. The second-order valence-electron chi connectivity index (χ2n) is 6.83. The summed E-state index contributed by atoms with van der Waals surface area (Å²) in [6.45, 7) is 7.95. The van der Waals surface area contributed by atoms with E-state index in [-0.39, 0.29) is 0 Å². The fourth-order valence-corrected chi connectivity index (χ4v) is 3.57. The lowest BCUT2D eigenvalue weighted by molar-refractivity contribution is -0.132. The van der Waals surface area contributed by atoms with Crippen LogP contribution in [0.1, 0.15) is 46.5 Å². The van der Waals surface area contributed by atoms with Crippen molar-refractivity contribution in [2.45, 2.75) is 58.5 Å². The lowest BCUT2D eigenvalue weighted by atomic mass is 9.91. The van der Waals surface area contributed by atoms with Crippen molar-refractivity contribution in [3.8, 4) is 0 Å². The summed E-state index contributed by atoms with van der Waals surface area (Å²) in [7, 11) is 1.91. The van der Waals surface area contributed by atoms with E-state index in [0.29, 0.717) is 29.8 Å². The third kappa shape index (κ3) is 3.01. The number of nitrogens with zero attached hydrogens (tertiary/aromatic N) is 1. The average Bonchev–Trinajstić information content (AvgIpc) is 2.46. The minimum absolute atomic E-state index is 0.294. The van der Waals surface area contributed by atoms with Crippen LogP contribution in [0, 0.1) is 11.3 Å². The minimum atomic E-state index is 0.294. The molecule has 0 spiro atoms. The number of rotatable bonds is 2. The molecule has 1 aliphatic carbocycles. The second-order valence-corrected chi connectivity index (χ2v) is 6.83. The summed E-state index contributed by atoms with van der Waals surface area (Å²) >= 11 is 0. The number of nitrogens with one attached hydrogen (secondary N) is 1. The molecule has 3 nitrogen and oxygen atoms in total. The van der Waals surface area contributed by atoms with Gasteiger partial charge in [0, 0.05) is 32.1 Å². The first kappa shape index (κ1) is 12.9. The Morgan fingerprint density at radius 3 is 2.59 bits per heavy atom. The third-order valence-corrected chi connectivity index (χ3v) is 4.41. The fourth-order valence-electron chi connectivity index (χ4n) is 3.57. The van der Waals surface area contributed by atoms with E-state index in [4.69, 9.17) is 0 Å². The maximum absolute atomic E-state index is 11.4. The molecule has 1 heterocycles. The smallest absolute Gasteiger partial charge is 0.222 e. The van der Waals surface area contributed by atoms with Gasteiger partial charge in [-0.2, -0.15) is 0 Å². The van der Waals surface area contributed by atoms with E-state index in [1.807, 2.05) is 11.9 Å². The Morgan fingerprint density at radius 2 is 2.06 bits per heavy atom. The van der Waals surface area contributed by atoms with Crippen LogP contribution >= 0.6 is 0 Å². The van der Waals surface area contributed by atoms with Crippen LogP contribution in [0.5, 0.6) is 0 Å². The maximum Gasteiger partial charge on any atom is 0.222 e. The molecule has 1 N–H and O–H groups in total. The Kier molecular flexibility index (Phi) is 3.48. The van der Waals surface area contributed by atoms with E-state index in [0.717, 1.165) is 18.9 Å². The van der Waals surface area contributed by atoms with E-state index in [9.17, 15) is 4.79 Å².